The van der Waals surface area contributed by atoms with Crippen molar-refractivity contribution in [3.8, 4) is 28.6 Å². The Hall–Kier alpha value is -4.20. The molecule has 3 aromatic carbocycles. The summed E-state index contributed by atoms with van der Waals surface area (Å²) in [5.74, 6) is 0.960. The van der Waals surface area contributed by atoms with Crippen LogP contribution in [-0.4, -0.2) is 34.4 Å². The number of aromatic nitrogens is 3. The van der Waals surface area contributed by atoms with Crippen LogP contribution in [0, 0.1) is 5.82 Å². The van der Waals surface area contributed by atoms with Crippen molar-refractivity contribution in [1.82, 2.24) is 14.8 Å². The van der Waals surface area contributed by atoms with E-state index in [0.29, 0.717) is 35.1 Å². The van der Waals surface area contributed by atoms with Crippen molar-refractivity contribution in [2.24, 2.45) is 0 Å². The molecule has 0 atom stereocenters. The van der Waals surface area contributed by atoms with Crippen LogP contribution in [0.25, 0.3) is 17.1 Å². The Morgan fingerprint density at radius 1 is 0.969 bits per heavy atom. The molecule has 4 rings (SSSR count). The van der Waals surface area contributed by atoms with Gasteiger partial charge in [-0.05, 0) is 79.7 Å². The Kier molecular flexibility index (Phi) is 6.12. The van der Waals surface area contributed by atoms with Crippen LogP contribution in [0.3, 0.4) is 0 Å². The Bertz CT molecular complexity index is 1200. The molecule has 0 unspecified atom stereocenters. The van der Waals surface area contributed by atoms with Crippen LogP contribution < -0.4 is 14.8 Å². The van der Waals surface area contributed by atoms with Crippen LogP contribution in [0.15, 0.2) is 72.8 Å². The summed E-state index contributed by atoms with van der Waals surface area (Å²) in [5, 5.41) is 7.19. The number of anilines is 1. The number of hydrogen-bond acceptors (Lipinski definition) is 5. The van der Waals surface area contributed by atoms with Gasteiger partial charge in [0.1, 0.15) is 17.3 Å². The highest BCUT2D eigenvalue weighted by molar-refractivity contribution is 6.01. The van der Waals surface area contributed by atoms with Crippen LogP contribution in [0.2, 0.25) is 0 Å². The highest BCUT2D eigenvalue weighted by Gasteiger charge is 2.19. The zero-order valence-corrected chi connectivity index (χ0v) is 17.6. The monoisotopic (exact) mass is 432 g/mol. The summed E-state index contributed by atoms with van der Waals surface area (Å²) in [6.07, 6.45) is 0. The molecule has 7 nitrogen and oxygen atoms in total. The van der Waals surface area contributed by atoms with Crippen LogP contribution in [0.4, 0.5) is 10.1 Å². The van der Waals surface area contributed by atoms with E-state index >= 15 is 0 Å². The maximum atomic E-state index is 13.4. The van der Waals surface area contributed by atoms with E-state index in [1.165, 1.54) is 12.1 Å². The number of halogens is 1. The summed E-state index contributed by atoms with van der Waals surface area (Å²) in [5.41, 5.74) is 1.89. The highest BCUT2D eigenvalue weighted by Crippen LogP contribution is 2.24. The van der Waals surface area contributed by atoms with Crippen LogP contribution in [0.5, 0.6) is 11.5 Å². The zero-order valence-electron chi connectivity index (χ0n) is 17.6. The van der Waals surface area contributed by atoms with E-state index in [1.807, 2.05) is 31.2 Å². The van der Waals surface area contributed by atoms with Crippen LogP contribution in [0.1, 0.15) is 17.5 Å². The number of ether oxygens (including phenoxy) is 2. The minimum Gasteiger partial charge on any atom is -0.497 e. The summed E-state index contributed by atoms with van der Waals surface area (Å²) in [4.78, 5) is 17.3. The Balaban J connectivity index is 1.69. The predicted octanol–water partition coefficient (Wildman–Crippen LogP) is 4.73. The average Bonchev–Trinajstić information content (AvgIpc) is 3.26. The van der Waals surface area contributed by atoms with Gasteiger partial charge < -0.3 is 14.8 Å². The number of rotatable bonds is 7. The van der Waals surface area contributed by atoms with E-state index in [9.17, 15) is 9.18 Å². The largest absolute Gasteiger partial charge is 0.497 e. The first-order valence-corrected chi connectivity index (χ1v) is 9.99. The standard InChI is InChI=1S/C24H21FN4O3/c1-3-32-21-14-10-19(11-15-21)29-23(16-4-6-17(25)7-5-16)27-22(28-29)24(30)26-18-8-12-20(31-2)13-9-18/h4-15H,3H2,1-2H3,(H,26,30). The van der Waals surface area contributed by atoms with Gasteiger partial charge in [0.05, 0.1) is 19.4 Å². The molecular formula is C24H21FN4O3. The Morgan fingerprint density at radius 3 is 2.25 bits per heavy atom. The molecule has 0 aliphatic carbocycles. The maximum absolute atomic E-state index is 13.4. The molecule has 162 valence electrons. The first-order valence-electron chi connectivity index (χ1n) is 9.99. The molecule has 1 amide bonds. The summed E-state index contributed by atoms with van der Waals surface area (Å²) >= 11 is 0. The first kappa shape index (κ1) is 21.0. The van der Waals surface area contributed by atoms with E-state index in [4.69, 9.17) is 9.47 Å². The number of benzene rings is 3. The predicted molar refractivity (Wildman–Crippen MR) is 119 cm³/mol. The van der Waals surface area contributed by atoms with E-state index < -0.39 is 5.91 Å². The molecule has 1 N–H and O–H groups in total. The minimum absolute atomic E-state index is 0.0194. The van der Waals surface area contributed by atoms with Crippen molar-refractivity contribution in [3.63, 3.8) is 0 Å². The molecule has 1 aromatic heterocycles. The quantitative estimate of drug-likeness (QED) is 0.457. The molecule has 32 heavy (non-hydrogen) atoms. The third kappa shape index (κ3) is 4.59. The molecule has 0 bridgehead atoms. The Morgan fingerprint density at radius 2 is 1.62 bits per heavy atom. The number of amides is 1. The van der Waals surface area contributed by atoms with Crippen molar-refractivity contribution < 1.29 is 18.7 Å². The summed E-state index contributed by atoms with van der Waals surface area (Å²) in [6, 6.07) is 20.0. The number of carbonyl (C=O) groups excluding carboxylic acids is 1. The summed E-state index contributed by atoms with van der Waals surface area (Å²) in [7, 11) is 1.57. The lowest BCUT2D eigenvalue weighted by Crippen LogP contribution is -2.14. The van der Waals surface area contributed by atoms with Gasteiger partial charge in [-0.1, -0.05) is 0 Å². The molecule has 0 saturated heterocycles. The molecule has 0 aliphatic rings. The second-order valence-electron chi connectivity index (χ2n) is 6.79. The minimum atomic E-state index is -0.469. The van der Waals surface area contributed by atoms with Gasteiger partial charge >= 0.3 is 0 Å². The van der Waals surface area contributed by atoms with Crippen LogP contribution >= 0.6 is 0 Å². The number of nitrogens with one attached hydrogen (secondary N) is 1. The first-order chi connectivity index (χ1) is 15.6. The van der Waals surface area contributed by atoms with Crippen molar-refractivity contribution in [2.75, 3.05) is 19.0 Å². The second kappa shape index (κ2) is 9.30. The third-order valence-electron chi connectivity index (χ3n) is 4.65. The van der Waals surface area contributed by atoms with Gasteiger partial charge in [-0.3, -0.25) is 4.79 Å². The molecule has 0 aliphatic heterocycles. The van der Waals surface area contributed by atoms with Crippen molar-refractivity contribution in [2.45, 2.75) is 6.92 Å². The molecule has 0 spiro atoms. The van der Waals surface area contributed by atoms with Crippen molar-refractivity contribution in [1.29, 1.82) is 0 Å². The molecule has 8 heteroatoms. The fraction of sp³-hybridized carbons (Fsp3) is 0.125. The van der Waals surface area contributed by atoms with Crippen molar-refractivity contribution >= 4 is 11.6 Å². The molecule has 0 fully saturated rings. The van der Waals surface area contributed by atoms with Gasteiger partial charge in [-0.15, -0.1) is 5.10 Å². The number of hydrogen-bond donors (Lipinski definition) is 1. The fourth-order valence-corrected chi connectivity index (χ4v) is 3.09. The number of carbonyl (C=O) groups is 1. The normalized spacial score (nSPS) is 10.6. The lowest BCUT2D eigenvalue weighted by Gasteiger charge is -2.08. The number of nitrogens with zero attached hydrogens (tertiary/aromatic N) is 3. The number of methoxy groups -OCH3 is 1. The smallest absolute Gasteiger partial charge is 0.295 e. The molecule has 0 radical (unpaired) electrons. The molecule has 0 saturated carbocycles. The lowest BCUT2D eigenvalue weighted by molar-refractivity contribution is 0.101. The van der Waals surface area contributed by atoms with Crippen molar-refractivity contribution in [3.05, 3.63) is 84.4 Å². The highest BCUT2D eigenvalue weighted by atomic mass is 19.1. The summed E-state index contributed by atoms with van der Waals surface area (Å²) < 4.78 is 25.6. The molecule has 1 heterocycles. The van der Waals surface area contributed by atoms with E-state index in [0.717, 1.165) is 5.75 Å². The van der Waals surface area contributed by atoms with Crippen LogP contribution in [-0.2, 0) is 0 Å². The average molecular weight is 432 g/mol. The SMILES string of the molecule is CCOc1ccc(-n2nc(C(=O)Nc3ccc(OC)cc3)nc2-c2ccc(F)cc2)cc1. The maximum Gasteiger partial charge on any atom is 0.295 e. The topological polar surface area (TPSA) is 78.3 Å². The van der Waals surface area contributed by atoms with Gasteiger partial charge in [0.2, 0.25) is 5.82 Å². The second-order valence-corrected chi connectivity index (χ2v) is 6.79. The van der Waals surface area contributed by atoms with E-state index in [1.54, 1.807) is 48.2 Å². The Labute approximate surface area is 184 Å². The summed E-state index contributed by atoms with van der Waals surface area (Å²) in [6.45, 7) is 2.46. The molecule has 4 aromatic rings. The fourth-order valence-electron chi connectivity index (χ4n) is 3.09. The third-order valence-corrected chi connectivity index (χ3v) is 4.65. The zero-order chi connectivity index (χ0) is 22.5. The lowest BCUT2D eigenvalue weighted by atomic mass is 10.2. The van der Waals surface area contributed by atoms with E-state index in [2.05, 4.69) is 15.4 Å². The van der Waals surface area contributed by atoms with Gasteiger partial charge in [0.15, 0.2) is 5.82 Å². The van der Waals surface area contributed by atoms with Gasteiger partial charge in [-0.2, -0.15) is 0 Å². The van der Waals surface area contributed by atoms with E-state index in [-0.39, 0.29) is 11.6 Å². The van der Waals surface area contributed by atoms with Gasteiger partial charge in [0.25, 0.3) is 5.91 Å². The van der Waals surface area contributed by atoms with Gasteiger partial charge in [-0.25, -0.2) is 14.1 Å². The molecular weight excluding hydrogens is 411 g/mol. The van der Waals surface area contributed by atoms with Gasteiger partial charge in [0, 0.05) is 11.3 Å².